The maximum Gasteiger partial charge on any atom is 0.280 e. The van der Waals surface area contributed by atoms with Crippen LogP contribution in [0.15, 0.2) is 47.4 Å². The summed E-state index contributed by atoms with van der Waals surface area (Å²) in [6.07, 6.45) is 3.76. The number of nitrogens with zero attached hydrogens (tertiary/aromatic N) is 3. The Morgan fingerprint density at radius 2 is 2.00 bits per heavy atom. The van der Waals surface area contributed by atoms with Crippen LogP contribution in [0, 0.1) is 6.92 Å². The summed E-state index contributed by atoms with van der Waals surface area (Å²) in [6, 6.07) is 11.1. The third-order valence-electron chi connectivity index (χ3n) is 4.38. The summed E-state index contributed by atoms with van der Waals surface area (Å²) in [7, 11) is 0. The Morgan fingerprint density at radius 1 is 1.24 bits per heavy atom. The summed E-state index contributed by atoms with van der Waals surface area (Å²) >= 11 is 0. The number of fused-ring (bicyclic) bond motifs is 1. The second-order valence-electron chi connectivity index (χ2n) is 6.37. The van der Waals surface area contributed by atoms with Crippen LogP contribution in [-0.4, -0.2) is 20.6 Å². The number of carbonyl (C=O) groups excluding carboxylic acids is 1. The lowest BCUT2D eigenvalue weighted by atomic mass is 10.1. The number of aromatic nitrogens is 3. The third-order valence-corrected chi connectivity index (χ3v) is 4.38. The number of nitrogens with one attached hydrogen (secondary N) is 1. The van der Waals surface area contributed by atoms with Crippen LogP contribution in [0.3, 0.4) is 0 Å². The molecule has 2 aromatic heterocycles. The van der Waals surface area contributed by atoms with Crippen molar-refractivity contribution in [2.75, 3.05) is 5.43 Å². The van der Waals surface area contributed by atoms with E-state index in [1.54, 1.807) is 12.3 Å². The van der Waals surface area contributed by atoms with E-state index < -0.39 is 0 Å². The van der Waals surface area contributed by atoms with Gasteiger partial charge in [0.2, 0.25) is 5.91 Å². The molecular formula is C19H18N4O2. The standard InChI is InChI=1S/C19H18N4O2/c1-12-17-15(9-10-20-12)19(25)23(18(21-17)14-7-8-14)22-16(24)11-13-5-3-2-4-6-13/h2-6,9-10,14H,7-8,11H2,1H3,(H,22,24). The van der Waals surface area contributed by atoms with Gasteiger partial charge in [-0.3, -0.25) is 20.0 Å². The molecule has 1 saturated carbocycles. The summed E-state index contributed by atoms with van der Waals surface area (Å²) in [6.45, 7) is 1.84. The van der Waals surface area contributed by atoms with Gasteiger partial charge in [-0.25, -0.2) is 9.66 Å². The van der Waals surface area contributed by atoms with Crippen LogP contribution in [0.5, 0.6) is 0 Å². The molecule has 1 aromatic carbocycles. The molecule has 6 heteroatoms. The number of rotatable bonds is 4. The van der Waals surface area contributed by atoms with Gasteiger partial charge < -0.3 is 0 Å². The molecule has 0 unspecified atom stereocenters. The van der Waals surface area contributed by atoms with E-state index in [-0.39, 0.29) is 23.8 Å². The molecule has 0 saturated heterocycles. The first-order valence-corrected chi connectivity index (χ1v) is 8.35. The average Bonchev–Trinajstić information content (AvgIpc) is 3.44. The lowest BCUT2D eigenvalue weighted by Gasteiger charge is -2.14. The highest BCUT2D eigenvalue weighted by atomic mass is 16.2. The van der Waals surface area contributed by atoms with Crippen molar-refractivity contribution in [1.82, 2.24) is 14.6 Å². The van der Waals surface area contributed by atoms with Gasteiger partial charge in [0.05, 0.1) is 23.0 Å². The van der Waals surface area contributed by atoms with Crippen molar-refractivity contribution in [3.05, 3.63) is 70.0 Å². The van der Waals surface area contributed by atoms with Gasteiger partial charge in [0.25, 0.3) is 5.56 Å². The molecule has 1 aliphatic rings. The van der Waals surface area contributed by atoms with Crippen LogP contribution in [0.25, 0.3) is 10.9 Å². The average molecular weight is 334 g/mol. The van der Waals surface area contributed by atoms with Gasteiger partial charge in [-0.1, -0.05) is 30.3 Å². The van der Waals surface area contributed by atoms with Crippen molar-refractivity contribution in [1.29, 1.82) is 0 Å². The monoisotopic (exact) mass is 334 g/mol. The molecule has 6 nitrogen and oxygen atoms in total. The fourth-order valence-electron chi connectivity index (χ4n) is 2.93. The van der Waals surface area contributed by atoms with Gasteiger partial charge in [-0.05, 0) is 31.4 Å². The molecule has 1 aliphatic carbocycles. The van der Waals surface area contributed by atoms with Gasteiger partial charge in [0.1, 0.15) is 5.82 Å². The van der Waals surface area contributed by atoms with Gasteiger partial charge in [0.15, 0.2) is 0 Å². The van der Waals surface area contributed by atoms with E-state index in [4.69, 9.17) is 0 Å². The molecular weight excluding hydrogens is 316 g/mol. The Morgan fingerprint density at radius 3 is 2.72 bits per heavy atom. The van der Waals surface area contributed by atoms with Crippen LogP contribution in [0.1, 0.15) is 35.8 Å². The molecule has 0 bridgehead atoms. The number of aryl methyl sites for hydroxylation is 1. The van der Waals surface area contributed by atoms with E-state index in [2.05, 4.69) is 15.4 Å². The largest absolute Gasteiger partial charge is 0.280 e. The van der Waals surface area contributed by atoms with Gasteiger partial charge >= 0.3 is 0 Å². The molecule has 25 heavy (non-hydrogen) atoms. The normalized spacial score (nSPS) is 13.8. The molecule has 126 valence electrons. The van der Waals surface area contributed by atoms with Crippen LogP contribution in [-0.2, 0) is 11.2 Å². The Balaban J connectivity index is 1.73. The van der Waals surface area contributed by atoms with Crippen LogP contribution in [0.4, 0.5) is 0 Å². The Kier molecular flexibility index (Phi) is 3.80. The molecule has 1 fully saturated rings. The zero-order chi connectivity index (χ0) is 17.4. The lowest BCUT2D eigenvalue weighted by Crippen LogP contribution is -2.37. The minimum absolute atomic E-state index is 0.213. The topological polar surface area (TPSA) is 76.9 Å². The zero-order valence-corrected chi connectivity index (χ0v) is 13.9. The van der Waals surface area contributed by atoms with E-state index in [1.165, 1.54) is 4.68 Å². The van der Waals surface area contributed by atoms with Crippen molar-refractivity contribution >= 4 is 16.8 Å². The summed E-state index contributed by atoms with van der Waals surface area (Å²) in [4.78, 5) is 34.2. The maximum absolute atomic E-state index is 12.9. The van der Waals surface area contributed by atoms with E-state index in [9.17, 15) is 9.59 Å². The second-order valence-corrected chi connectivity index (χ2v) is 6.37. The first kappa shape index (κ1) is 15.5. The van der Waals surface area contributed by atoms with Crippen molar-refractivity contribution in [3.8, 4) is 0 Å². The number of benzene rings is 1. The van der Waals surface area contributed by atoms with E-state index in [0.29, 0.717) is 16.7 Å². The van der Waals surface area contributed by atoms with Crippen LogP contribution in [0.2, 0.25) is 0 Å². The van der Waals surface area contributed by atoms with Crippen LogP contribution >= 0.6 is 0 Å². The van der Waals surface area contributed by atoms with Gasteiger partial charge in [-0.2, -0.15) is 0 Å². The highest BCUT2D eigenvalue weighted by molar-refractivity contribution is 5.86. The highest BCUT2D eigenvalue weighted by Crippen LogP contribution is 2.38. The highest BCUT2D eigenvalue weighted by Gasteiger charge is 2.30. The number of hydrogen-bond donors (Lipinski definition) is 1. The molecule has 4 rings (SSSR count). The fraction of sp³-hybridized carbons (Fsp3) is 0.263. The van der Waals surface area contributed by atoms with Crippen molar-refractivity contribution in [2.24, 2.45) is 0 Å². The summed E-state index contributed by atoms with van der Waals surface area (Å²) in [5.74, 6) is 0.603. The molecule has 3 aromatic rings. The number of amides is 1. The smallest absolute Gasteiger partial charge is 0.273 e. The van der Waals surface area contributed by atoms with Crippen molar-refractivity contribution in [2.45, 2.75) is 32.1 Å². The summed E-state index contributed by atoms with van der Waals surface area (Å²) in [5.41, 5.74) is 4.72. The van der Waals surface area contributed by atoms with Gasteiger partial charge in [-0.15, -0.1) is 0 Å². The second kappa shape index (κ2) is 6.12. The summed E-state index contributed by atoms with van der Waals surface area (Å²) in [5, 5.41) is 0.469. The Hall–Kier alpha value is -3.02. The minimum atomic E-state index is -0.251. The minimum Gasteiger partial charge on any atom is -0.273 e. The predicted octanol–water partition coefficient (Wildman–Crippen LogP) is 2.29. The first-order valence-electron chi connectivity index (χ1n) is 8.35. The van der Waals surface area contributed by atoms with Gasteiger partial charge in [0, 0.05) is 12.1 Å². The molecule has 1 amide bonds. The fourth-order valence-corrected chi connectivity index (χ4v) is 2.93. The molecule has 0 aliphatic heterocycles. The molecule has 1 N–H and O–H groups in total. The van der Waals surface area contributed by atoms with E-state index in [0.717, 1.165) is 24.1 Å². The summed E-state index contributed by atoms with van der Waals surface area (Å²) < 4.78 is 1.32. The molecule has 0 spiro atoms. The zero-order valence-electron chi connectivity index (χ0n) is 13.9. The Bertz CT molecular complexity index is 1010. The van der Waals surface area contributed by atoms with E-state index >= 15 is 0 Å². The lowest BCUT2D eigenvalue weighted by molar-refractivity contribution is -0.116. The molecule has 0 atom stereocenters. The maximum atomic E-state index is 12.9. The number of pyridine rings is 1. The molecule has 2 heterocycles. The first-order chi connectivity index (χ1) is 12.1. The number of carbonyl (C=O) groups is 1. The van der Waals surface area contributed by atoms with E-state index in [1.807, 2.05) is 37.3 Å². The van der Waals surface area contributed by atoms with Crippen molar-refractivity contribution in [3.63, 3.8) is 0 Å². The SMILES string of the molecule is Cc1nccc2c(=O)n(NC(=O)Cc3ccccc3)c(C3CC3)nc12. The molecule has 0 radical (unpaired) electrons. The third kappa shape index (κ3) is 3.03. The quantitative estimate of drug-likeness (QED) is 0.794. The number of hydrogen-bond acceptors (Lipinski definition) is 4. The van der Waals surface area contributed by atoms with Crippen LogP contribution < -0.4 is 11.0 Å². The predicted molar refractivity (Wildman–Crippen MR) is 95.0 cm³/mol. The Labute approximate surface area is 144 Å². The van der Waals surface area contributed by atoms with Crippen molar-refractivity contribution < 1.29 is 4.79 Å².